The van der Waals surface area contributed by atoms with E-state index in [-0.39, 0.29) is 6.61 Å². The summed E-state index contributed by atoms with van der Waals surface area (Å²) in [5.41, 5.74) is -2.16. The maximum absolute atomic E-state index is 11.5. The fourth-order valence-corrected chi connectivity index (χ4v) is 3.89. The van der Waals surface area contributed by atoms with Gasteiger partial charge in [0.2, 0.25) is 0 Å². The first-order chi connectivity index (χ1) is 7.61. The van der Waals surface area contributed by atoms with Gasteiger partial charge in [-0.15, -0.1) is 0 Å². The van der Waals surface area contributed by atoms with E-state index in [1.165, 1.54) is 0 Å². The van der Waals surface area contributed by atoms with Crippen molar-refractivity contribution < 1.29 is 19.7 Å². The van der Waals surface area contributed by atoms with Gasteiger partial charge >= 0.3 is 5.97 Å². The second-order valence-corrected chi connectivity index (χ2v) is 5.91. The summed E-state index contributed by atoms with van der Waals surface area (Å²) in [5.74, 6) is 0.776. The zero-order valence-electron chi connectivity index (χ0n) is 9.28. The van der Waals surface area contributed by atoms with Crippen molar-refractivity contribution in [3.05, 3.63) is 0 Å². The molecule has 92 valence electrons. The van der Waals surface area contributed by atoms with Crippen molar-refractivity contribution in [3.63, 3.8) is 0 Å². The van der Waals surface area contributed by atoms with Crippen LogP contribution in [0.1, 0.15) is 25.7 Å². The quantitative estimate of drug-likeness (QED) is 0.764. The van der Waals surface area contributed by atoms with Crippen LogP contribution in [0.3, 0.4) is 0 Å². The summed E-state index contributed by atoms with van der Waals surface area (Å²) in [6.45, 7) is 0.767. The van der Waals surface area contributed by atoms with E-state index >= 15 is 0 Å². The molecule has 0 amide bonds. The van der Waals surface area contributed by atoms with Crippen LogP contribution in [-0.2, 0) is 9.53 Å². The summed E-state index contributed by atoms with van der Waals surface area (Å²) in [7, 11) is 0. The number of carboxylic acids is 1. The zero-order chi connectivity index (χ0) is 11.6. The normalized spacial score (nSPS) is 34.6. The molecule has 0 aromatic rings. The number of hydrogen-bond acceptors (Lipinski definition) is 4. The molecule has 0 aromatic carbocycles. The minimum absolute atomic E-state index is 0.156. The highest BCUT2D eigenvalue weighted by molar-refractivity contribution is 7.99. The van der Waals surface area contributed by atoms with Gasteiger partial charge in [-0.05, 0) is 37.2 Å². The molecular formula is C11H18O4S. The lowest BCUT2D eigenvalue weighted by atomic mass is 9.65. The van der Waals surface area contributed by atoms with Gasteiger partial charge < -0.3 is 14.9 Å². The molecular weight excluding hydrogens is 228 g/mol. The van der Waals surface area contributed by atoms with E-state index in [2.05, 4.69) is 0 Å². The summed E-state index contributed by atoms with van der Waals surface area (Å²) in [6, 6.07) is 0. The van der Waals surface area contributed by atoms with Crippen LogP contribution in [-0.4, -0.2) is 46.5 Å². The third-order valence-corrected chi connectivity index (χ3v) is 4.85. The Morgan fingerprint density at radius 1 is 1.25 bits per heavy atom. The molecule has 0 saturated carbocycles. The summed E-state index contributed by atoms with van der Waals surface area (Å²) < 4.78 is 5.32. The monoisotopic (exact) mass is 246 g/mol. The van der Waals surface area contributed by atoms with Gasteiger partial charge in [0, 0.05) is 6.61 Å². The van der Waals surface area contributed by atoms with Crippen LogP contribution in [0.4, 0.5) is 0 Å². The van der Waals surface area contributed by atoms with Crippen LogP contribution >= 0.6 is 11.8 Å². The topological polar surface area (TPSA) is 66.8 Å². The fraction of sp³-hybridized carbons (Fsp3) is 0.909. The van der Waals surface area contributed by atoms with Gasteiger partial charge in [-0.3, -0.25) is 4.79 Å². The Morgan fingerprint density at radius 3 is 2.44 bits per heavy atom. The molecule has 2 rings (SSSR count). The van der Waals surface area contributed by atoms with Crippen LogP contribution in [0, 0.1) is 5.41 Å². The molecule has 0 radical (unpaired) electrons. The molecule has 2 fully saturated rings. The van der Waals surface area contributed by atoms with E-state index in [9.17, 15) is 15.0 Å². The maximum atomic E-state index is 11.5. The van der Waals surface area contributed by atoms with Crippen molar-refractivity contribution in [1.82, 2.24) is 0 Å². The zero-order valence-corrected chi connectivity index (χ0v) is 10.1. The lowest BCUT2D eigenvalue weighted by Crippen LogP contribution is -2.59. The number of rotatable bonds is 2. The lowest BCUT2D eigenvalue weighted by Gasteiger charge is -2.47. The van der Waals surface area contributed by atoms with E-state index in [0.717, 1.165) is 17.9 Å². The number of ether oxygens (including phenoxy) is 1. The Morgan fingerprint density at radius 2 is 1.94 bits per heavy atom. The predicted octanol–water partition coefficient (Wildman–Crippen LogP) is 1.13. The molecule has 0 spiro atoms. The number of carbonyl (C=O) groups is 1. The van der Waals surface area contributed by atoms with Crippen LogP contribution < -0.4 is 0 Å². The van der Waals surface area contributed by atoms with E-state index in [1.807, 2.05) is 0 Å². The van der Waals surface area contributed by atoms with Gasteiger partial charge in [0.25, 0.3) is 0 Å². The van der Waals surface area contributed by atoms with Gasteiger partial charge in [0.1, 0.15) is 5.41 Å². The minimum Gasteiger partial charge on any atom is -0.481 e. The summed E-state index contributed by atoms with van der Waals surface area (Å²) >= 11 is 1.78. The lowest BCUT2D eigenvalue weighted by molar-refractivity contribution is -0.191. The second-order valence-electron chi connectivity index (χ2n) is 4.69. The SMILES string of the molecule is O=C(O)C1(C2(O)CCSCC2)CCCOC1. The highest BCUT2D eigenvalue weighted by Crippen LogP contribution is 2.46. The molecule has 5 heteroatoms. The minimum atomic E-state index is -1.08. The Kier molecular flexibility index (Phi) is 3.47. The van der Waals surface area contributed by atoms with Crippen LogP contribution in [0.25, 0.3) is 0 Å². The van der Waals surface area contributed by atoms with Crippen molar-refractivity contribution in [2.24, 2.45) is 5.41 Å². The summed E-state index contributed by atoms with van der Waals surface area (Å²) in [4.78, 5) is 11.5. The van der Waals surface area contributed by atoms with Crippen molar-refractivity contribution in [1.29, 1.82) is 0 Å². The molecule has 2 heterocycles. The first kappa shape index (κ1) is 12.2. The van der Waals surface area contributed by atoms with E-state index < -0.39 is 17.0 Å². The summed E-state index contributed by atoms with van der Waals surface area (Å²) in [5, 5.41) is 20.1. The fourth-order valence-electron chi connectivity index (χ4n) is 2.72. The highest BCUT2D eigenvalue weighted by atomic mass is 32.2. The van der Waals surface area contributed by atoms with E-state index in [4.69, 9.17) is 4.74 Å². The molecule has 2 aliphatic heterocycles. The van der Waals surface area contributed by atoms with Gasteiger partial charge in [-0.2, -0.15) is 11.8 Å². The molecule has 16 heavy (non-hydrogen) atoms. The molecule has 2 N–H and O–H groups in total. The third-order valence-electron chi connectivity index (χ3n) is 3.86. The van der Waals surface area contributed by atoms with Gasteiger partial charge in [-0.25, -0.2) is 0 Å². The Hall–Kier alpha value is -0.260. The van der Waals surface area contributed by atoms with Gasteiger partial charge in [-0.1, -0.05) is 0 Å². The smallest absolute Gasteiger partial charge is 0.314 e. The number of aliphatic hydroxyl groups is 1. The Labute approximate surface area is 99.4 Å². The second kappa shape index (κ2) is 4.55. The molecule has 0 aliphatic carbocycles. The molecule has 0 bridgehead atoms. The van der Waals surface area contributed by atoms with Crippen LogP contribution in [0.2, 0.25) is 0 Å². The number of aliphatic carboxylic acids is 1. The average Bonchev–Trinajstić information content (AvgIpc) is 2.30. The number of carboxylic acid groups (broad SMARTS) is 1. The van der Waals surface area contributed by atoms with Gasteiger partial charge in [0.15, 0.2) is 0 Å². The number of thioether (sulfide) groups is 1. The van der Waals surface area contributed by atoms with Crippen molar-refractivity contribution in [2.45, 2.75) is 31.3 Å². The third kappa shape index (κ3) is 1.85. The highest BCUT2D eigenvalue weighted by Gasteiger charge is 2.56. The molecule has 0 aromatic heterocycles. The molecule has 4 nitrogen and oxygen atoms in total. The van der Waals surface area contributed by atoms with E-state index in [0.29, 0.717) is 25.9 Å². The predicted molar refractivity (Wildman–Crippen MR) is 61.6 cm³/mol. The van der Waals surface area contributed by atoms with Crippen molar-refractivity contribution in [3.8, 4) is 0 Å². The average molecular weight is 246 g/mol. The molecule has 1 atom stereocenters. The number of hydrogen-bond donors (Lipinski definition) is 2. The standard InChI is InChI=1S/C11H18O4S/c12-9(13)10(2-1-5-15-8-10)11(14)3-6-16-7-4-11/h14H,1-8H2,(H,12,13). The van der Waals surface area contributed by atoms with Crippen molar-refractivity contribution >= 4 is 17.7 Å². The first-order valence-electron chi connectivity index (χ1n) is 5.72. The molecule has 2 saturated heterocycles. The first-order valence-corrected chi connectivity index (χ1v) is 6.87. The maximum Gasteiger partial charge on any atom is 0.314 e. The van der Waals surface area contributed by atoms with E-state index in [1.54, 1.807) is 11.8 Å². The molecule has 2 aliphatic rings. The van der Waals surface area contributed by atoms with Crippen LogP contribution in [0.5, 0.6) is 0 Å². The van der Waals surface area contributed by atoms with Crippen molar-refractivity contribution in [2.75, 3.05) is 24.7 Å². The summed E-state index contributed by atoms with van der Waals surface area (Å²) in [6.07, 6.45) is 2.38. The van der Waals surface area contributed by atoms with Gasteiger partial charge in [0.05, 0.1) is 12.2 Å². The molecule has 1 unspecified atom stereocenters. The van der Waals surface area contributed by atoms with Crippen LogP contribution in [0.15, 0.2) is 0 Å². The Bertz CT molecular complexity index is 267. The largest absolute Gasteiger partial charge is 0.481 e. The Balaban J connectivity index is 2.26.